The highest BCUT2D eigenvalue weighted by Gasteiger charge is 2.32. The minimum atomic E-state index is -0.714. The quantitative estimate of drug-likeness (QED) is 0.719. The molecule has 148 valence electrons. The van der Waals surface area contributed by atoms with Crippen LogP contribution in [-0.4, -0.2) is 17.8 Å². The molecule has 0 spiro atoms. The van der Waals surface area contributed by atoms with Crippen LogP contribution in [0.25, 0.3) is 10.8 Å². The summed E-state index contributed by atoms with van der Waals surface area (Å²) >= 11 is 0. The van der Waals surface area contributed by atoms with Crippen molar-refractivity contribution in [2.45, 2.75) is 71.4 Å². The Morgan fingerprint density at radius 1 is 1.00 bits per heavy atom. The van der Waals surface area contributed by atoms with Gasteiger partial charge in [-0.05, 0) is 78.5 Å². The third kappa shape index (κ3) is 4.47. The van der Waals surface area contributed by atoms with Gasteiger partial charge in [-0.15, -0.1) is 0 Å². The van der Waals surface area contributed by atoms with Gasteiger partial charge in [0.15, 0.2) is 0 Å². The number of fused-ring (bicyclic) bond motifs is 1. The van der Waals surface area contributed by atoms with Crippen molar-refractivity contribution in [2.75, 3.05) is 6.61 Å². The molecule has 1 aliphatic carbocycles. The molecular formula is C24H35NO2. The first-order chi connectivity index (χ1) is 12.7. The Bertz CT molecular complexity index is 773. The van der Waals surface area contributed by atoms with E-state index in [-0.39, 0.29) is 6.61 Å². The molecule has 1 atom stereocenters. The van der Waals surface area contributed by atoms with Crippen molar-refractivity contribution >= 4 is 10.8 Å². The first-order valence-electron chi connectivity index (χ1n) is 10.4. The zero-order valence-corrected chi connectivity index (χ0v) is 17.3. The van der Waals surface area contributed by atoms with Crippen molar-refractivity contribution in [3.05, 3.63) is 42.0 Å². The molecule has 0 aromatic heterocycles. The normalized spacial score (nSPS) is 23.2. The fraction of sp³-hybridized carbons (Fsp3) is 0.583. The number of aliphatic hydroxyl groups is 1. The van der Waals surface area contributed by atoms with Crippen molar-refractivity contribution in [3.8, 4) is 5.75 Å². The molecule has 1 aliphatic rings. The number of aliphatic hydroxyl groups excluding tert-OH is 1. The van der Waals surface area contributed by atoms with Crippen molar-refractivity contribution in [2.24, 2.45) is 17.1 Å². The molecule has 1 saturated carbocycles. The van der Waals surface area contributed by atoms with E-state index in [2.05, 4.69) is 51.1 Å². The molecule has 0 unspecified atom stereocenters. The summed E-state index contributed by atoms with van der Waals surface area (Å²) in [5.41, 5.74) is 6.83. The van der Waals surface area contributed by atoms with Gasteiger partial charge < -0.3 is 15.6 Å². The van der Waals surface area contributed by atoms with Gasteiger partial charge in [-0.2, -0.15) is 0 Å². The van der Waals surface area contributed by atoms with Crippen LogP contribution < -0.4 is 10.5 Å². The van der Waals surface area contributed by atoms with E-state index in [1.165, 1.54) is 19.3 Å². The molecule has 3 heteroatoms. The Morgan fingerprint density at radius 2 is 1.63 bits per heavy atom. The largest absolute Gasteiger partial charge is 0.490 e. The number of rotatable bonds is 6. The van der Waals surface area contributed by atoms with Gasteiger partial charge in [0, 0.05) is 0 Å². The minimum absolute atomic E-state index is 0.0722. The lowest BCUT2D eigenvalue weighted by molar-refractivity contribution is 0.0780. The maximum absolute atomic E-state index is 9.49. The Kier molecular flexibility index (Phi) is 5.83. The zero-order valence-electron chi connectivity index (χ0n) is 17.3. The van der Waals surface area contributed by atoms with Gasteiger partial charge >= 0.3 is 0 Å². The van der Waals surface area contributed by atoms with Gasteiger partial charge in [0.25, 0.3) is 0 Å². The van der Waals surface area contributed by atoms with Crippen molar-refractivity contribution in [3.63, 3.8) is 0 Å². The molecule has 3 nitrogen and oxygen atoms in total. The van der Waals surface area contributed by atoms with Crippen LogP contribution in [0.2, 0.25) is 0 Å². The summed E-state index contributed by atoms with van der Waals surface area (Å²) in [5.74, 6) is 1.76. The average molecular weight is 370 g/mol. The molecule has 0 aliphatic heterocycles. The molecule has 0 amide bonds. The second-order valence-corrected chi connectivity index (χ2v) is 9.23. The van der Waals surface area contributed by atoms with Crippen LogP contribution in [0.15, 0.2) is 36.4 Å². The summed E-state index contributed by atoms with van der Waals surface area (Å²) in [6, 6.07) is 12.4. The number of nitrogens with two attached hydrogens (primary N) is 1. The van der Waals surface area contributed by atoms with Gasteiger partial charge in [-0.3, -0.25) is 0 Å². The highest BCUT2D eigenvalue weighted by atomic mass is 16.5. The highest BCUT2D eigenvalue weighted by molar-refractivity contribution is 5.84. The first kappa shape index (κ1) is 20.2. The fourth-order valence-electron chi connectivity index (χ4n) is 4.19. The molecule has 0 saturated heterocycles. The van der Waals surface area contributed by atoms with Gasteiger partial charge in [0.05, 0.1) is 18.2 Å². The van der Waals surface area contributed by atoms with E-state index in [1.807, 2.05) is 13.0 Å². The predicted octanol–water partition coefficient (Wildman–Crippen LogP) is 5.38. The Balaban J connectivity index is 1.67. The molecule has 0 heterocycles. The third-order valence-electron chi connectivity index (χ3n) is 6.79. The Hall–Kier alpha value is -1.58. The van der Waals surface area contributed by atoms with Gasteiger partial charge in [0.1, 0.15) is 5.75 Å². The highest BCUT2D eigenvalue weighted by Crippen LogP contribution is 2.41. The lowest BCUT2D eigenvalue weighted by Crippen LogP contribution is -2.36. The van der Waals surface area contributed by atoms with E-state index in [1.54, 1.807) is 0 Å². The van der Waals surface area contributed by atoms with Gasteiger partial charge in [-0.25, -0.2) is 0 Å². The first-order valence-corrected chi connectivity index (χ1v) is 10.4. The molecule has 2 aromatic carbocycles. The molecule has 0 bridgehead atoms. The van der Waals surface area contributed by atoms with E-state index in [9.17, 15) is 5.11 Å². The van der Waals surface area contributed by atoms with Crippen LogP contribution in [0.5, 0.6) is 5.75 Å². The summed E-state index contributed by atoms with van der Waals surface area (Å²) in [6.07, 6.45) is 6.39. The number of hydrogen-bond donors (Lipinski definition) is 2. The topological polar surface area (TPSA) is 55.5 Å². The molecular weight excluding hydrogens is 334 g/mol. The maximum Gasteiger partial charge on any atom is 0.120 e. The lowest BCUT2D eigenvalue weighted by Gasteiger charge is -2.38. The van der Waals surface area contributed by atoms with E-state index < -0.39 is 5.54 Å². The van der Waals surface area contributed by atoms with Crippen LogP contribution in [0, 0.1) is 11.3 Å². The number of ether oxygens (including phenoxy) is 1. The molecule has 1 fully saturated rings. The Labute approximate surface area is 163 Å². The van der Waals surface area contributed by atoms with Crippen LogP contribution in [0.3, 0.4) is 0 Å². The van der Waals surface area contributed by atoms with Gasteiger partial charge in [0.2, 0.25) is 0 Å². The maximum atomic E-state index is 9.49. The van der Waals surface area contributed by atoms with Crippen molar-refractivity contribution < 1.29 is 9.84 Å². The third-order valence-corrected chi connectivity index (χ3v) is 6.79. The summed E-state index contributed by atoms with van der Waals surface area (Å²) in [7, 11) is 0. The van der Waals surface area contributed by atoms with Gasteiger partial charge in [-0.1, -0.05) is 45.4 Å². The SMILES string of the molecule is CCC(C)(C)C1CCC(Oc2ccc3cc([C@@](C)(N)CO)ccc3c2)CC1. The number of hydrogen-bond acceptors (Lipinski definition) is 3. The average Bonchev–Trinajstić information content (AvgIpc) is 2.68. The monoisotopic (exact) mass is 369 g/mol. The van der Waals surface area contributed by atoms with Crippen LogP contribution in [0.4, 0.5) is 0 Å². The Morgan fingerprint density at radius 3 is 2.26 bits per heavy atom. The summed E-state index contributed by atoms with van der Waals surface area (Å²) in [4.78, 5) is 0. The molecule has 0 radical (unpaired) electrons. The molecule has 2 aromatic rings. The van der Waals surface area contributed by atoms with Crippen LogP contribution >= 0.6 is 0 Å². The smallest absolute Gasteiger partial charge is 0.120 e. The lowest BCUT2D eigenvalue weighted by atomic mass is 9.69. The second kappa shape index (κ2) is 7.81. The summed E-state index contributed by atoms with van der Waals surface area (Å²) in [6.45, 7) is 8.88. The predicted molar refractivity (Wildman–Crippen MR) is 113 cm³/mol. The van der Waals surface area contributed by atoms with E-state index in [0.29, 0.717) is 11.5 Å². The van der Waals surface area contributed by atoms with E-state index >= 15 is 0 Å². The van der Waals surface area contributed by atoms with E-state index in [0.717, 1.165) is 40.8 Å². The molecule has 3 rings (SSSR count). The zero-order chi connectivity index (χ0) is 19.7. The van der Waals surface area contributed by atoms with E-state index in [4.69, 9.17) is 10.5 Å². The molecule has 27 heavy (non-hydrogen) atoms. The molecule has 3 N–H and O–H groups in total. The summed E-state index contributed by atoms with van der Waals surface area (Å²) < 4.78 is 6.31. The standard InChI is InChI=1S/C24H35NO2/c1-5-23(2,3)19-9-12-21(13-10-19)27-22-11-7-17-14-20(24(4,25)16-26)8-6-18(17)15-22/h6-8,11,14-15,19,21,26H,5,9-10,12-13,16,25H2,1-4H3/t19?,21?,24-/m0/s1. The van der Waals surface area contributed by atoms with Crippen molar-refractivity contribution in [1.82, 2.24) is 0 Å². The fourth-order valence-corrected chi connectivity index (χ4v) is 4.19. The second-order valence-electron chi connectivity index (χ2n) is 9.23. The number of benzene rings is 2. The summed E-state index contributed by atoms with van der Waals surface area (Å²) in [5, 5.41) is 11.8. The van der Waals surface area contributed by atoms with Crippen molar-refractivity contribution in [1.29, 1.82) is 0 Å². The van der Waals surface area contributed by atoms with Crippen LogP contribution in [-0.2, 0) is 5.54 Å². The minimum Gasteiger partial charge on any atom is -0.490 e. The van der Waals surface area contributed by atoms with Crippen LogP contribution in [0.1, 0.15) is 65.4 Å².